The Kier molecular flexibility index (Phi) is 5.18. The molecule has 0 aliphatic carbocycles. The summed E-state index contributed by atoms with van der Waals surface area (Å²) in [6.07, 6.45) is -5.07. The maximum atomic E-state index is 13.4. The van der Waals surface area contributed by atoms with E-state index in [1.807, 2.05) is 0 Å². The van der Waals surface area contributed by atoms with Crippen LogP contribution in [-0.2, 0) is 15.8 Å². The maximum Gasteiger partial charge on any atom is 0.416 e. The summed E-state index contributed by atoms with van der Waals surface area (Å²) in [5, 5.41) is 4.52. The molecule has 2 rings (SSSR count). The van der Waals surface area contributed by atoms with E-state index in [2.05, 4.69) is 10.6 Å². The van der Waals surface area contributed by atoms with E-state index in [4.69, 9.17) is 0 Å². The second-order valence-electron chi connectivity index (χ2n) is 4.83. The van der Waals surface area contributed by atoms with Gasteiger partial charge in [-0.15, -0.1) is 0 Å². The molecule has 0 unspecified atom stereocenters. The number of hydrogen-bond donors (Lipinski definition) is 2. The van der Waals surface area contributed by atoms with Crippen LogP contribution in [0.15, 0.2) is 48.5 Å². The van der Waals surface area contributed by atoms with Crippen molar-refractivity contribution in [1.29, 1.82) is 0 Å². The third-order valence-corrected chi connectivity index (χ3v) is 2.97. The summed E-state index contributed by atoms with van der Waals surface area (Å²) >= 11 is 0. The quantitative estimate of drug-likeness (QED) is 0.657. The zero-order valence-corrected chi connectivity index (χ0v) is 12.2. The highest BCUT2D eigenvalue weighted by molar-refractivity contribution is 6.08. The van der Waals surface area contributed by atoms with Crippen molar-refractivity contribution >= 4 is 23.2 Å². The van der Waals surface area contributed by atoms with Crippen molar-refractivity contribution in [2.75, 3.05) is 10.6 Å². The van der Waals surface area contributed by atoms with E-state index in [0.29, 0.717) is 0 Å². The number of alkyl halides is 3. The highest BCUT2D eigenvalue weighted by Crippen LogP contribution is 2.29. The highest BCUT2D eigenvalue weighted by atomic mass is 19.4. The number of benzene rings is 2. The predicted molar refractivity (Wildman–Crippen MR) is 79.7 cm³/mol. The average Bonchev–Trinajstić information content (AvgIpc) is 2.49. The Morgan fingerprint density at radius 3 is 2.04 bits per heavy atom. The molecule has 0 aliphatic rings. The van der Waals surface area contributed by atoms with Gasteiger partial charge in [0.1, 0.15) is 12.2 Å². The molecule has 0 saturated heterocycles. The van der Waals surface area contributed by atoms with Gasteiger partial charge >= 0.3 is 6.18 Å². The van der Waals surface area contributed by atoms with Crippen LogP contribution < -0.4 is 10.6 Å². The summed E-state index contributed by atoms with van der Waals surface area (Å²) in [5.41, 5.74) is -0.797. The van der Waals surface area contributed by atoms with Gasteiger partial charge in [-0.05, 0) is 36.4 Å². The molecular formula is C16H12F4N2O2. The summed E-state index contributed by atoms with van der Waals surface area (Å²) in [7, 11) is 0. The first-order valence-corrected chi connectivity index (χ1v) is 6.77. The lowest BCUT2D eigenvalue weighted by Crippen LogP contribution is -2.21. The molecule has 2 N–H and O–H groups in total. The largest absolute Gasteiger partial charge is 0.416 e. The number of hydrogen-bond acceptors (Lipinski definition) is 2. The molecule has 0 bridgehead atoms. The van der Waals surface area contributed by atoms with Gasteiger partial charge < -0.3 is 10.6 Å². The fraction of sp³-hybridized carbons (Fsp3) is 0.125. The number of halogens is 4. The van der Waals surface area contributed by atoms with Crippen molar-refractivity contribution in [3.05, 3.63) is 59.9 Å². The molecule has 126 valence electrons. The molecule has 2 amide bonds. The second-order valence-corrected chi connectivity index (χ2v) is 4.83. The molecule has 4 nitrogen and oxygen atoms in total. The molecule has 8 heteroatoms. The molecule has 2 aromatic rings. The molecule has 0 heterocycles. The molecule has 24 heavy (non-hydrogen) atoms. The first-order chi connectivity index (χ1) is 11.3. The predicted octanol–water partition coefficient (Wildman–Crippen LogP) is 3.81. The standard InChI is InChI=1S/C16H12F4N2O2/c17-12-3-1-2-4-13(12)22-15(24)9-14(23)21-11-7-5-10(6-8-11)16(18,19)20/h1-8H,9H2,(H,21,23)(H,22,24). The van der Waals surface area contributed by atoms with Crippen LogP contribution in [0, 0.1) is 5.82 Å². The third kappa shape index (κ3) is 4.80. The number of anilines is 2. The highest BCUT2D eigenvalue weighted by Gasteiger charge is 2.30. The maximum absolute atomic E-state index is 13.4. The van der Waals surface area contributed by atoms with E-state index in [9.17, 15) is 27.2 Å². The monoisotopic (exact) mass is 340 g/mol. The summed E-state index contributed by atoms with van der Waals surface area (Å²) < 4.78 is 50.6. The Morgan fingerprint density at radius 1 is 0.875 bits per heavy atom. The lowest BCUT2D eigenvalue weighted by atomic mass is 10.2. The van der Waals surface area contributed by atoms with Crippen LogP contribution >= 0.6 is 0 Å². The minimum absolute atomic E-state index is 0.0650. The molecule has 0 radical (unpaired) electrons. The zero-order valence-electron chi connectivity index (χ0n) is 12.2. The molecule has 2 aromatic carbocycles. The number of amides is 2. The topological polar surface area (TPSA) is 58.2 Å². The molecule has 0 saturated carbocycles. The fourth-order valence-corrected chi connectivity index (χ4v) is 1.85. The van der Waals surface area contributed by atoms with E-state index >= 15 is 0 Å². The number of nitrogens with one attached hydrogen (secondary N) is 2. The minimum Gasteiger partial charge on any atom is -0.326 e. The smallest absolute Gasteiger partial charge is 0.326 e. The van der Waals surface area contributed by atoms with Gasteiger partial charge in [-0.3, -0.25) is 9.59 Å². The fourth-order valence-electron chi connectivity index (χ4n) is 1.85. The lowest BCUT2D eigenvalue weighted by molar-refractivity contribution is -0.137. The van der Waals surface area contributed by atoms with Crippen molar-refractivity contribution in [1.82, 2.24) is 0 Å². The van der Waals surface area contributed by atoms with Crippen molar-refractivity contribution in [2.24, 2.45) is 0 Å². The normalized spacial score (nSPS) is 11.0. The van der Waals surface area contributed by atoms with E-state index in [1.165, 1.54) is 18.2 Å². The van der Waals surface area contributed by atoms with Gasteiger partial charge in [0.05, 0.1) is 11.3 Å². The van der Waals surface area contributed by atoms with E-state index in [0.717, 1.165) is 30.3 Å². The van der Waals surface area contributed by atoms with Gasteiger partial charge in [0.2, 0.25) is 11.8 Å². The van der Waals surface area contributed by atoms with Crippen molar-refractivity contribution < 1.29 is 27.2 Å². The second kappa shape index (κ2) is 7.12. The van der Waals surface area contributed by atoms with Crippen molar-refractivity contribution in [2.45, 2.75) is 12.6 Å². The Balaban J connectivity index is 1.91. The molecule has 0 spiro atoms. The first-order valence-electron chi connectivity index (χ1n) is 6.77. The van der Waals surface area contributed by atoms with E-state index in [-0.39, 0.29) is 11.4 Å². The van der Waals surface area contributed by atoms with Crippen LogP contribution in [0.4, 0.5) is 28.9 Å². The van der Waals surface area contributed by atoms with Gasteiger partial charge in [0, 0.05) is 5.69 Å². The average molecular weight is 340 g/mol. The van der Waals surface area contributed by atoms with Crippen LogP contribution in [0.5, 0.6) is 0 Å². The molecule has 0 aliphatic heterocycles. The number of para-hydroxylation sites is 1. The van der Waals surface area contributed by atoms with Crippen LogP contribution in [0.25, 0.3) is 0 Å². The number of carbonyl (C=O) groups excluding carboxylic acids is 2. The van der Waals surface area contributed by atoms with Gasteiger partial charge in [-0.25, -0.2) is 4.39 Å². The summed E-state index contributed by atoms with van der Waals surface area (Å²) in [6.45, 7) is 0. The van der Waals surface area contributed by atoms with Crippen LogP contribution in [-0.4, -0.2) is 11.8 Å². The van der Waals surface area contributed by atoms with Gasteiger partial charge in [0.25, 0.3) is 0 Å². The molecular weight excluding hydrogens is 328 g/mol. The minimum atomic E-state index is -4.47. The van der Waals surface area contributed by atoms with E-state index in [1.54, 1.807) is 0 Å². The Hall–Kier alpha value is -2.90. The van der Waals surface area contributed by atoms with Crippen molar-refractivity contribution in [3.63, 3.8) is 0 Å². The summed E-state index contributed by atoms with van der Waals surface area (Å²) in [4.78, 5) is 23.4. The number of rotatable bonds is 4. The molecule has 0 aromatic heterocycles. The summed E-state index contributed by atoms with van der Waals surface area (Å²) in [5.74, 6) is -2.12. The lowest BCUT2D eigenvalue weighted by Gasteiger charge is -2.09. The van der Waals surface area contributed by atoms with Crippen molar-refractivity contribution in [3.8, 4) is 0 Å². The SMILES string of the molecule is O=C(CC(=O)Nc1ccccc1F)Nc1ccc(C(F)(F)F)cc1. The van der Waals surface area contributed by atoms with Crippen LogP contribution in [0.2, 0.25) is 0 Å². The molecule has 0 atom stereocenters. The third-order valence-electron chi connectivity index (χ3n) is 2.97. The Morgan fingerprint density at radius 2 is 1.46 bits per heavy atom. The zero-order chi connectivity index (χ0) is 17.7. The van der Waals surface area contributed by atoms with Gasteiger partial charge in [-0.2, -0.15) is 13.2 Å². The van der Waals surface area contributed by atoms with Crippen LogP contribution in [0.3, 0.4) is 0 Å². The number of carbonyl (C=O) groups is 2. The summed E-state index contributed by atoms with van der Waals surface area (Å²) in [6, 6.07) is 9.23. The van der Waals surface area contributed by atoms with Gasteiger partial charge in [-0.1, -0.05) is 12.1 Å². The first kappa shape index (κ1) is 17.5. The molecule has 0 fully saturated rings. The Labute approximate surface area is 134 Å². The van der Waals surface area contributed by atoms with Gasteiger partial charge in [0.15, 0.2) is 0 Å². The Bertz CT molecular complexity index is 742. The van der Waals surface area contributed by atoms with Crippen LogP contribution in [0.1, 0.15) is 12.0 Å². The van der Waals surface area contributed by atoms with E-state index < -0.39 is 35.8 Å².